The molecule has 14 heavy (non-hydrogen) atoms. The molecule has 0 aliphatic rings. The lowest BCUT2D eigenvalue weighted by Gasteiger charge is -2.02. The van der Waals surface area contributed by atoms with Gasteiger partial charge in [-0.15, -0.1) is 0 Å². The monoisotopic (exact) mass is 185 g/mol. The van der Waals surface area contributed by atoms with E-state index in [1.165, 1.54) is 0 Å². The number of hydrogen-bond acceptors (Lipinski definition) is 3. The number of nitrogens with two attached hydrogens (primary N) is 1. The van der Waals surface area contributed by atoms with Gasteiger partial charge in [-0.05, 0) is 29.3 Å². The molecule has 0 fully saturated rings. The van der Waals surface area contributed by atoms with Gasteiger partial charge < -0.3 is 5.73 Å². The van der Waals surface area contributed by atoms with Gasteiger partial charge in [0.25, 0.3) is 0 Å². The standard InChI is InChI=1S/C11H11N3/c12-6-9-5-11(8-14-7-9)10-1-3-13-4-2-10/h1-5,7-8H,6,12H2. The molecule has 2 heterocycles. The molecule has 3 nitrogen and oxygen atoms in total. The van der Waals surface area contributed by atoms with E-state index < -0.39 is 0 Å². The lowest BCUT2D eigenvalue weighted by Crippen LogP contribution is -1.96. The van der Waals surface area contributed by atoms with Crippen LogP contribution >= 0.6 is 0 Å². The molecule has 0 atom stereocenters. The summed E-state index contributed by atoms with van der Waals surface area (Å²) >= 11 is 0. The fourth-order valence-electron chi connectivity index (χ4n) is 1.30. The molecule has 0 unspecified atom stereocenters. The van der Waals surface area contributed by atoms with Gasteiger partial charge in [-0.1, -0.05) is 0 Å². The Kier molecular flexibility index (Phi) is 2.51. The van der Waals surface area contributed by atoms with Crippen molar-refractivity contribution in [2.75, 3.05) is 0 Å². The van der Waals surface area contributed by atoms with Crippen LogP contribution in [-0.2, 0) is 6.54 Å². The van der Waals surface area contributed by atoms with Crippen LogP contribution in [0.15, 0.2) is 43.0 Å². The predicted octanol–water partition coefficient (Wildman–Crippen LogP) is 1.60. The van der Waals surface area contributed by atoms with E-state index in [9.17, 15) is 0 Å². The van der Waals surface area contributed by atoms with Crippen molar-refractivity contribution in [3.63, 3.8) is 0 Å². The van der Waals surface area contributed by atoms with E-state index in [4.69, 9.17) is 5.73 Å². The molecule has 3 heteroatoms. The zero-order valence-corrected chi connectivity index (χ0v) is 7.72. The Bertz CT molecular complexity index is 412. The highest BCUT2D eigenvalue weighted by molar-refractivity contribution is 5.62. The summed E-state index contributed by atoms with van der Waals surface area (Å²) in [6.45, 7) is 0.520. The van der Waals surface area contributed by atoms with Gasteiger partial charge in [-0.25, -0.2) is 0 Å². The third-order valence-electron chi connectivity index (χ3n) is 2.04. The van der Waals surface area contributed by atoms with Crippen LogP contribution in [-0.4, -0.2) is 9.97 Å². The maximum Gasteiger partial charge on any atom is 0.0346 e. The number of nitrogens with zero attached hydrogens (tertiary/aromatic N) is 2. The first-order chi connectivity index (χ1) is 6.90. The maximum atomic E-state index is 5.54. The predicted molar refractivity (Wildman–Crippen MR) is 55.4 cm³/mol. The van der Waals surface area contributed by atoms with Gasteiger partial charge in [0.2, 0.25) is 0 Å². The minimum atomic E-state index is 0.520. The van der Waals surface area contributed by atoms with E-state index in [0.717, 1.165) is 16.7 Å². The Labute approximate surface area is 82.6 Å². The first-order valence-electron chi connectivity index (χ1n) is 4.44. The highest BCUT2D eigenvalue weighted by Gasteiger charge is 1.97. The van der Waals surface area contributed by atoms with Crippen LogP contribution in [0.3, 0.4) is 0 Å². The molecule has 0 spiro atoms. The second kappa shape index (κ2) is 3.98. The normalized spacial score (nSPS) is 10.1. The van der Waals surface area contributed by atoms with E-state index in [2.05, 4.69) is 9.97 Å². The average molecular weight is 185 g/mol. The molecule has 2 aromatic rings. The largest absolute Gasteiger partial charge is 0.326 e. The van der Waals surface area contributed by atoms with E-state index >= 15 is 0 Å². The van der Waals surface area contributed by atoms with Gasteiger partial charge in [0.05, 0.1) is 0 Å². The Morgan fingerprint density at radius 1 is 1.00 bits per heavy atom. The van der Waals surface area contributed by atoms with Gasteiger partial charge in [0, 0.05) is 36.9 Å². The minimum Gasteiger partial charge on any atom is -0.326 e. The maximum absolute atomic E-state index is 5.54. The second-order valence-corrected chi connectivity index (χ2v) is 3.02. The summed E-state index contributed by atoms with van der Waals surface area (Å²) in [5, 5.41) is 0. The van der Waals surface area contributed by atoms with Crippen LogP contribution in [0.2, 0.25) is 0 Å². The smallest absolute Gasteiger partial charge is 0.0346 e. The number of hydrogen-bond donors (Lipinski definition) is 1. The van der Waals surface area contributed by atoms with Gasteiger partial charge >= 0.3 is 0 Å². The fourth-order valence-corrected chi connectivity index (χ4v) is 1.30. The first-order valence-corrected chi connectivity index (χ1v) is 4.44. The first kappa shape index (κ1) is 8.84. The van der Waals surface area contributed by atoms with Crippen molar-refractivity contribution >= 4 is 0 Å². The van der Waals surface area contributed by atoms with Crippen LogP contribution in [0.5, 0.6) is 0 Å². The quantitative estimate of drug-likeness (QED) is 0.773. The van der Waals surface area contributed by atoms with Crippen LogP contribution in [0.4, 0.5) is 0 Å². The molecule has 70 valence electrons. The average Bonchev–Trinajstić information content (AvgIpc) is 2.30. The summed E-state index contributed by atoms with van der Waals surface area (Å²) in [5.41, 5.74) is 8.78. The number of rotatable bonds is 2. The molecule has 0 aromatic carbocycles. The summed E-state index contributed by atoms with van der Waals surface area (Å²) < 4.78 is 0. The SMILES string of the molecule is NCc1cncc(-c2ccncc2)c1. The molecule has 0 aliphatic carbocycles. The van der Waals surface area contributed by atoms with E-state index in [1.54, 1.807) is 18.6 Å². The van der Waals surface area contributed by atoms with Crippen molar-refractivity contribution in [2.24, 2.45) is 5.73 Å². The third-order valence-corrected chi connectivity index (χ3v) is 2.04. The molecule has 0 aliphatic heterocycles. The third kappa shape index (κ3) is 1.78. The van der Waals surface area contributed by atoms with Crippen molar-refractivity contribution < 1.29 is 0 Å². The lowest BCUT2D eigenvalue weighted by molar-refractivity contribution is 1.05. The van der Waals surface area contributed by atoms with Gasteiger partial charge in [0.15, 0.2) is 0 Å². The van der Waals surface area contributed by atoms with Gasteiger partial charge in [-0.2, -0.15) is 0 Å². The van der Waals surface area contributed by atoms with Gasteiger partial charge in [-0.3, -0.25) is 9.97 Å². The number of pyridine rings is 2. The van der Waals surface area contributed by atoms with Crippen LogP contribution in [0.25, 0.3) is 11.1 Å². The summed E-state index contributed by atoms with van der Waals surface area (Å²) in [7, 11) is 0. The second-order valence-electron chi connectivity index (χ2n) is 3.02. The Morgan fingerprint density at radius 3 is 2.50 bits per heavy atom. The lowest BCUT2D eigenvalue weighted by atomic mass is 10.1. The molecular formula is C11H11N3. The highest BCUT2D eigenvalue weighted by atomic mass is 14.6. The van der Waals surface area contributed by atoms with Crippen molar-refractivity contribution in [3.8, 4) is 11.1 Å². The summed E-state index contributed by atoms with van der Waals surface area (Å²) in [4.78, 5) is 8.10. The van der Waals surface area contributed by atoms with Gasteiger partial charge in [0.1, 0.15) is 0 Å². The van der Waals surface area contributed by atoms with Crippen LogP contribution in [0, 0.1) is 0 Å². The summed E-state index contributed by atoms with van der Waals surface area (Å²) in [6.07, 6.45) is 7.15. The Morgan fingerprint density at radius 2 is 1.79 bits per heavy atom. The molecule has 2 N–H and O–H groups in total. The van der Waals surface area contributed by atoms with Crippen molar-refractivity contribution in [1.82, 2.24) is 9.97 Å². The molecule has 0 saturated heterocycles. The fraction of sp³-hybridized carbons (Fsp3) is 0.0909. The molecule has 0 bridgehead atoms. The molecular weight excluding hydrogens is 174 g/mol. The van der Waals surface area contributed by atoms with Crippen molar-refractivity contribution in [1.29, 1.82) is 0 Å². The topological polar surface area (TPSA) is 51.8 Å². The number of aromatic nitrogens is 2. The molecule has 0 saturated carbocycles. The zero-order valence-electron chi connectivity index (χ0n) is 7.72. The highest BCUT2D eigenvalue weighted by Crippen LogP contribution is 2.17. The van der Waals surface area contributed by atoms with Crippen molar-refractivity contribution in [3.05, 3.63) is 48.5 Å². The van der Waals surface area contributed by atoms with E-state index in [0.29, 0.717) is 6.54 Å². The van der Waals surface area contributed by atoms with Crippen LogP contribution in [0.1, 0.15) is 5.56 Å². The minimum absolute atomic E-state index is 0.520. The van der Waals surface area contributed by atoms with Crippen LogP contribution < -0.4 is 5.73 Å². The summed E-state index contributed by atoms with van der Waals surface area (Å²) in [5.74, 6) is 0. The molecule has 2 rings (SSSR count). The molecule has 0 amide bonds. The zero-order chi connectivity index (χ0) is 9.80. The van der Waals surface area contributed by atoms with E-state index in [-0.39, 0.29) is 0 Å². The Balaban J connectivity index is 2.42. The van der Waals surface area contributed by atoms with Crippen molar-refractivity contribution in [2.45, 2.75) is 6.54 Å². The molecule has 0 radical (unpaired) electrons. The van der Waals surface area contributed by atoms with E-state index in [1.807, 2.05) is 24.4 Å². The Hall–Kier alpha value is -1.74. The summed E-state index contributed by atoms with van der Waals surface area (Å²) in [6, 6.07) is 5.96. The molecule has 2 aromatic heterocycles.